The number of unbranched alkanes of at least 4 members (excludes halogenated alkanes) is 4. The van der Waals surface area contributed by atoms with Gasteiger partial charge in [0.15, 0.2) is 11.6 Å². The second-order valence-electron chi connectivity index (χ2n) is 6.11. The summed E-state index contributed by atoms with van der Waals surface area (Å²) in [5.74, 6) is -1.10. The van der Waals surface area contributed by atoms with Crippen molar-refractivity contribution >= 4 is 5.71 Å². The van der Waals surface area contributed by atoms with E-state index < -0.39 is 11.6 Å². The molecule has 25 heavy (non-hydrogen) atoms. The molecule has 0 aromatic heterocycles. The van der Waals surface area contributed by atoms with Gasteiger partial charge in [-0.1, -0.05) is 49.9 Å². The summed E-state index contributed by atoms with van der Waals surface area (Å²) in [5, 5.41) is 32.1. The number of rotatable bonds is 8. The zero-order chi connectivity index (χ0) is 18.2. The third-order valence-electron chi connectivity index (χ3n) is 4.23. The quantitative estimate of drug-likeness (QED) is 0.258. The van der Waals surface area contributed by atoms with Crippen LogP contribution in [0.2, 0.25) is 0 Å². The lowest BCUT2D eigenvalue weighted by Gasteiger charge is -2.10. The number of benzene rings is 2. The van der Waals surface area contributed by atoms with Gasteiger partial charge in [-0.25, -0.2) is 4.39 Å². The highest BCUT2D eigenvalue weighted by Gasteiger charge is 2.12. The van der Waals surface area contributed by atoms with Gasteiger partial charge in [-0.2, -0.15) is 0 Å². The second-order valence-corrected chi connectivity index (χ2v) is 6.11. The van der Waals surface area contributed by atoms with Crippen molar-refractivity contribution in [2.45, 2.75) is 45.4 Å². The molecule has 0 spiro atoms. The minimum Gasteiger partial charge on any atom is -0.507 e. The molecular weight excluding hydrogens is 321 g/mol. The zero-order valence-corrected chi connectivity index (χ0v) is 14.4. The molecule has 4 nitrogen and oxygen atoms in total. The van der Waals surface area contributed by atoms with Crippen LogP contribution in [0.3, 0.4) is 0 Å². The van der Waals surface area contributed by atoms with Crippen molar-refractivity contribution in [1.82, 2.24) is 0 Å². The van der Waals surface area contributed by atoms with Gasteiger partial charge in [0.25, 0.3) is 0 Å². The fraction of sp³-hybridized carbons (Fsp3) is 0.350. The largest absolute Gasteiger partial charge is 0.507 e. The Morgan fingerprint density at radius 3 is 2.20 bits per heavy atom. The summed E-state index contributed by atoms with van der Waals surface area (Å²) in [6, 6.07) is 8.92. The van der Waals surface area contributed by atoms with E-state index in [4.69, 9.17) is 0 Å². The van der Waals surface area contributed by atoms with Gasteiger partial charge in [-0.3, -0.25) is 0 Å². The van der Waals surface area contributed by atoms with E-state index in [0.29, 0.717) is 28.8 Å². The van der Waals surface area contributed by atoms with Gasteiger partial charge in [0, 0.05) is 5.56 Å². The van der Waals surface area contributed by atoms with Crippen LogP contribution < -0.4 is 0 Å². The molecule has 134 valence electrons. The summed E-state index contributed by atoms with van der Waals surface area (Å²) in [4.78, 5) is 0. The first-order valence-corrected chi connectivity index (χ1v) is 8.60. The Kier molecular flexibility index (Phi) is 6.81. The Bertz CT molecular complexity index is 744. The van der Waals surface area contributed by atoms with Crippen molar-refractivity contribution in [3.8, 4) is 22.6 Å². The van der Waals surface area contributed by atoms with E-state index in [0.717, 1.165) is 25.7 Å². The summed E-state index contributed by atoms with van der Waals surface area (Å²) in [6.07, 6.45) is 5.94. The smallest absolute Gasteiger partial charge is 0.165 e. The molecule has 3 N–H and O–H groups in total. The maximum atomic E-state index is 13.6. The Hall–Kier alpha value is -2.56. The lowest BCUT2D eigenvalue weighted by Crippen LogP contribution is -2.02. The molecule has 0 aliphatic carbocycles. The highest BCUT2D eigenvalue weighted by atomic mass is 19.1. The van der Waals surface area contributed by atoms with Crippen LogP contribution in [0.5, 0.6) is 11.5 Å². The molecule has 2 rings (SSSR count). The van der Waals surface area contributed by atoms with Gasteiger partial charge >= 0.3 is 0 Å². The van der Waals surface area contributed by atoms with E-state index in [1.54, 1.807) is 18.2 Å². The highest BCUT2D eigenvalue weighted by molar-refractivity contribution is 6.03. The van der Waals surface area contributed by atoms with E-state index in [1.165, 1.54) is 24.6 Å². The number of phenolic OH excluding ortho intramolecular Hbond substituents is 2. The van der Waals surface area contributed by atoms with Crippen LogP contribution in [0.4, 0.5) is 4.39 Å². The first-order valence-electron chi connectivity index (χ1n) is 8.60. The van der Waals surface area contributed by atoms with Gasteiger partial charge in [-0.05, 0) is 48.2 Å². The lowest BCUT2D eigenvalue weighted by atomic mass is 9.97. The molecule has 0 unspecified atom stereocenters. The summed E-state index contributed by atoms with van der Waals surface area (Å²) in [5.41, 5.74) is 2.08. The van der Waals surface area contributed by atoms with Crippen molar-refractivity contribution < 1.29 is 19.8 Å². The van der Waals surface area contributed by atoms with E-state index in [9.17, 15) is 19.8 Å². The Labute approximate surface area is 147 Å². The standard InChI is InChI=1S/C20H24FNO3/c1-2-3-4-5-6-7-18(22-25)16-12-14(8-10-19(16)23)15-9-11-20(24)17(21)13-15/h8-13,23-25H,2-7H2,1H3/b22-18+. The van der Waals surface area contributed by atoms with Gasteiger partial charge in [0.1, 0.15) is 5.75 Å². The van der Waals surface area contributed by atoms with Crippen LogP contribution in [0.15, 0.2) is 41.6 Å². The van der Waals surface area contributed by atoms with Crippen molar-refractivity contribution in [2.75, 3.05) is 0 Å². The minimum absolute atomic E-state index is 0.0179. The van der Waals surface area contributed by atoms with E-state index in [2.05, 4.69) is 12.1 Å². The summed E-state index contributed by atoms with van der Waals surface area (Å²) in [6.45, 7) is 2.15. The van der Waals surface area contributed by atoms with Crippen molar-refractivity contribution in [2.24, 2.45) is 5.16 Å². The monoisotopic (exact) mass is 345 g/mol. The van der Waals surface area contributed by atoms with Crippen molar-refractivity contribution in [3.05, 3.63) is 47.8 Å². The van der Waals surface area contributed by atoms with Crippen LogP contribution in [-0.4, -0.2) is 21.1 Å². The number of nitrogens with zero attached hydrogens (tertiary/aromatic N) is 1. The van der Waals surface area contributed by atoms with Gasteiger partial charge in [0.2, 0.25) is 0 Å². The second kappa shape index (κ2) is 9.06. The molecule has 0 aliphatic heterocycles. The number of hydrogen-bond donors (Lipinski definition) is 3. The molecule has 2 aromatic carbocycles. The number of halogens is 1. The molecule has 2 aromatic rings. The first kappa shape index (κ1) is 18.8. The van der Waals surface area contributed by atoms with Crippen LogP contribution >= 0.6 is 0 Å². The van der Waals surface area contributed by atoms with Gasteiger partial charge in [-0.15, -0.1) is 0 Å². The average Bonchev–Trinajstić information content (AvgIpc) is 2.61. The van der Waals surface area contributed by atoms with Crippen molar-refractivity contribution in [3.63, 3.8) is 0 Å². The molecule has 5 heteroatoms. The summed E-state index contributed by atoms with van der Waals surface area (Å²) in [7, 11) is 0. The molecule has 0 fully saturated rings. The van der Waals surface area contributed by atoms with Crippen LogP contribution in [-0.2, 0) is 0 Å². The molecule has 0 radical (unpaired) electrons. The average molecular weight is 345 g/mol. The molecular formula is C20H24FNO3. The maximum Gasteiger partial charge on any atom is 0.165 e. The fourth-order valence-corrected chi connectivity index (χ4v) is 2.77. The van der Waals surface area contributed by atoms with Crippen molar-refractivity contribution in [1.29, 1.82) is 0 Å². The Morgan fingerprint density at radius 2 is 1.56 bits per heavy atom. The third kappa shape index (κ3) is 4.95. The predicted octanol–water partition coefficient (Wildman–Crippen LogP) is 5.44. The number of oxime groups is 1. The lowest BCUT2D eigenvalue weighted by molar-refractivity contribution is 0.317. The topological polar surface area (TPSA) is 73.1 Å². The van der Waals surface area contributed by atoms with Crippen LogP contribution in [0, 0.1) is 5.82 Å². The van der Waals surface area contributed by atoms with Gasteiger partial charge < -0.3 is 15.4 Å². The number of aromatic hydroxyl groups is 2. The molecule has 0 atom stereocenters. The summed E-state index contributed by atoms with van der Waals surface area (Å²) >= 11 is 0. The third-order valence-corrected chi connectivity index (χ3v) is 4.23. The maximum absolute atomic E-state index is 13.6. The van der Waals surface area contributed by atoms with Gasteiger partial charge in [0.05, 0.1) is 5.71 Å². The molecule has 0 amide bonds. The molecule has 0 heterocycles. The molecule has 0 aliphatic rings. The molecule has 0 saturated carbocycles. The minimum atomic E-state index is -0.709. The van der Waals surface area contributed by atoms with E-state index in [1.807, 2.05) is 0 Å². The van der Waals surface area contributed by atoms with E-state index in [-0.39, 0.29) is 5.75 Å². The van der Waals surface area contributed by atoms with Crippen LogP contribution in [0.1, 0.15) is 51.0 Å². The highest BCUT2D eigenvalue weighted by Crippen LogP contribution is 2.30. The fourth-order valence-electron chi connectivity index (χ4n) is 2.77. The normalized spacial score (nSPS) is 11.7. The predicted molar refractivity (Wildman–Crippen MR) is 96.9 cm³/mol. The number of hydrogen-bond acceptors (Lipinski definition) is 4. The summed E-state index contributed by atoms with van der Waals surface area (Å²) < 4.78 is 13.6. The van der Waals surface area contributed by atoms with E-state index >= 15 is 0 Å². The molecule has 0 saturated heterocycles. The number of phenols is 2. The first-order chi connectivity index (χ1) is 12.1. The Balaban J connectivity index is 2.20. The molecule has 0 bridgehead atoms. The Morgan fingerprint density at radius 1 is 0.920 bits per heavy atom. The van der Waals surface area contributed by atoms with Crippen LogP contribution in [0.25, 0.3) is 11.1 Å². The SMILES string of the molecule is CCCCCCC/C(=N\O)c1cc(-c2ccc(O)c(F)c2)ccc1O. The zero-order valence-electron chi connectivity index (χ0n) is 14.4.